The first-order valence-electron chi connectivity index (χ1n) is 7.53. The monoisotopic (exact) mass is 440 g/mol. The van der Waals surface area contributed by atoms with Gasteiger partial charge in [0.05, 0.1) is 0 Å². The van der Waals surface area contributed by atoms with Gasteiger partial charge in [0.2, 0.25) is 0 Å². The van der Waals surface area contributed by atoms with Gasteiger partial charge in [-0.1, -0.05) is 95.9 Å². The van der Waals surface area contributed by atoms with Crippen molar-refractivity contribution in [1.82, 2.24) is 0 Å². The molecule has 0 aromatic heterocycles. The Morgan fingerprint density at radius 3 is 0.667 bits per heavy atom. The summed E-state index contributed by atoms with van der Waals surface area (Å²) < 4.78 is 0.250. The predicted octanol–water partition coefficient (Wildman–Crippen LogP) is 6.30. The van der Waals surface area contributed by atoms with E-state index in [1.54, 1.807) is 0 Å². The van der Waals surface area contributed by atoms with E-state index in [1.807, 2.05) is 0 Å². The molecule has 0 aliphatic heterocycles. The molecule has 4 radical (unpaired) electrons. The molecule has 0 N–H and O–H groups in total. The van der Waals surface area contributed by atoms with Crippen molar-refractivity contribution >= 4 is 49.2 Å². The maximum Gasteiger partial charge on any atom is 2.00 e. The molecule has 0 nitrogen and oxygen atoms in total. The summed E-state index contributed by atoms with van der Waals surface area (Å²) in [6.45, 7) is 24.9. The third kappa shape index (κ3) is 145. The molecule has 0 saturated carbocycles. The molecule has 0 atom stereocenters. The summed E-state index contributed by atoms with van der Waals surface area (Å²) in [5.41, 5.74) is 0. The topological polar surface area (TPSA) is 0 Å². The van der Waals surface area contributed by atoms with E-state index in [4.69, 9.17) is 25.3 Å². The van der Waals surface area contributed by atoms with Gasteiger partial charge in [-0.2, -0.15) is 9.49 Å². The second kappa shape index (κ2) is 19.5. The van der Waals surface area contributed by atoms with Gasteiger partial charge in [-0.15, -0.1) is 0 Å². The summed E-state index contributed by atoms with van der Waals surface area (Å²) in [6.07, 6.45) is 2.17. The van der Waals surface area contributed by atoms with E-state index in [9.17, 15) is 0 Å². The van der Waals surface area contributed by atoms with E-state index in [1.165, 1.54) is 11.8 Å². The molecule has 0 saturated heterocycles. The largest absolute Gasteiger partial charge is 2.00 e. The van der Waals surface area contributed by atoms with E-state index in [0.29, 0.717) is 0 Å². The fraction of sp³-hybridized carbons (Fsp3) is 0.889. The van der Waals surface area contributed by atoms with Gasteiger partial charge in [0.1, 0.15) is 0 Å². The van der Waals surface area contributed by atoms with E-state index >= 15 is 0 Å². The zero-order chi connectivity index (χ0) is 17.6. The normalized spacial score (nSPS) is 10.3. The standard InChI is InChI=1S/2C5H12S.2C4H9.Sn/c2*1-4-5(2,3)6;2*1-4(2)3;/h2*6H,4H2,1-3H3;2*1-3H3;/q;;;;+2/p-2. The van der Waals surface area contributed by atoms with E-state index in [-0.39, 0.29) is 33.4 Å². The Morgan fingerprint density at radius 1 is 0.619 bits per heavy atom. The molecule has 0 aromatic rings. The fourth-order valence-corrected chi connectivity index (χ4v) is 0. The molecule has 3 heteroatoms. The van der Waals surface area contributed by atoms with Crippen LogP contribution in [0.1, 0.15) is 95.9 Å². The molecule has 0 fully saturated rings. The van der Waals surface area contributed by atoms with E-state index in [2.05, 4.69) is 83.1 Å². The van der Waals surface area contributed by atoms with Crippen LogP contribution in [0.5, 0.6) is 0 Å². The molecule has 0 aromatic carbocycles. The predicted molar refractivity (Wildman–Crippen MR) is 110 cm³/mol. The van der Waals surface area contributed by atoms with Crippen LogP contribution in [0.3, 0.4) is 0 Å². The van der Waals surface area contributed by atoms with Gasteiger partial charge < -0.3 is 25.3 Å². The Morgan fingerprint density at radius 2 is 0.667 bits per heavy atom. The summed E-state index contributed by atoms with van der Waals surface area (Å²) in [6, 6.07) is 0. The first kappa shape index (κ1) is 34.0. The molecule has 0 bridgehead atoms. The van der Waals surface area contributed by atoms with Crippen molar-refractivity contribution in [2.75, 3.05) is 0 Å². The maximum absolute atomic E-state index is 4.99. The van der Waals surface area contributed by atoms with Crippen LogP contribution in [0.4, 0.5) is 0 Å². The minimum atomic E-state index is 0. The summed E-state index contributed by atoms with van der Waals surface area (Å²) in [7, 11) is 0. The van der Waals surface area contributed by atoms with Crippen LogP contribution in [0.25, 0.3) is 0 Å². The molecule has 0 aliphatic carbocycles. The number of hydrogen-bond acceptors (Lipinski definition) is 2. The van der Waals surface area contributed by atoms with Gasteiger partial charge in [-0.3, -0.25) is 0 Å². The summed E-state index contributed by atoms with van der Waals surface area (Å²) >= 11 is 9.97. The Bertz CT molecular complexity index is 140. The maximum atomic E-state index is 4.99. The summed E-state index contributed by atoms with van der Waals surface area (Å²) in [5, 5.41) is 0. The molecule has 21 heavy (non-hydrogen) atoms. The average molecular weight is 439 g/mol. The molecular formula is C18H40S2Sn. The van der Waals surface area contributed by atoms with Crippen molar-refractivity contribution in [3.63, 3.8) is 0 Å². The fourth-order valence-electron chi connectivity index (χ4n) is 0. The second-order valence-electron chi connectivity index (χ2n) is 7.23. The molecule has 0 unspecified atom stereocenters. The molecule has 0 spiro atoms. The van der Waals surface area contributed by atoms with Crippen LogP contribution in [0.15, 0.2) is 0 Å². The minimum Gasteiger partial charge on any atom is -0.786 e. The van der Waals surface area contributed by atoms with Crippen molar-refractivity contribution in [2.45, 2.75) is 105 Å². The quantitative estimate of drug-likeness (QED) is 0.366. The van der Waals surface area contributed by atoms with Crippen LogP contribution in [0, 0.1) is 11.8 Å². The first-order valence-corrected chi connectivity index (χ1v) is 8.35. The Hall–Kier alpha value is 1.50. The van der Waals surface area contributed by atoms with Gasteiger partial charge in [0.25, 0.3) is 0 Å². The Balaban J connectivity index is -0.0000000544. The van der Waals surface area contributed by atoms with Crippen molar-refractivity contribution in [2.24, 2.45) is 0 Å². The zero-order valence-electron chi connectivity index (χ0n) is 16.7. The van der Waals surface area contributed by atoms with Crippen LogP contribution in [-0.4, -0.2) is 33.4 Å². The summed E-state index contributed by atoms with van der Waals surface area (Å²) in [4.78, 5) is 0. The molecule has 0 rings (SSSR count). The Kier molecular flexibility index (Phi) is 31.6. The minimum absolute atomic E-state index is 0. The third-order valence-corrected chi connectivity index (χ3v) is 2.28. The van der Waals surface area contributed by atoms with Crippen molar-refractivity contribution < 1.29 is 0 Å². The zero-order valence-corrected chi connectivity index (χ0v) is 21.2. The third-order valence-electron chi connectivity index (χ3n) is 1.70. The number of rotatable bonds is 2. The van der Waals surface area contributed by atoms with Crippen LogP contribution in [0.2, 0.25) is 0 Å². The van der Waals surface area contributed by atoms with Crippen LogP contribution in [-0.2, 0) is 25.3 Å². The van der Waals surface area contributed by atoms with Gasteiger partial charge in [0, 0.05) is 0 Å². The smallest absolute Gasteiger partial charge is 0.786 e. The molecule has 128 valence electrons. The van der Waals surface area contributed by atoms with Gasteiger partial charge in [-0.05, 0) is 11.8 Å². The van der Waals surface area contributed by atoms with Crippen molar-refractivity contribution in [3.8, 4) is 0 Å². The molecular weight excluding hydrogens is 399 g/mol. The summed E-state index contributed by atoms with van der Waals surface area (Å²) in [5.74, 6) is 2.83. The Labute approximate surface area is 165 Å². The van der Waals surface area contributed by atoms with E-state index in [0.717, 1.165) is 12.8 Å². The second-order valence-corrected chi connectivity index (χ2v) is 9.44. The van der Waals surface area contributed by atoms with Gasteiger partial charge >= 0.3 is 23.9 Å². The first-order chi connectivity index (χ1) is 8.59. The molecule has 0 aliphatic rings. The van der Waals surface area contributed by atoms with Crippen molar-refractivity contribution in [3.05, 3.63) is 11.8 Å². The van der Waals surface area contributed by atoms with Crippen molar-refractivity contribution in [1.29, 1.82) is 0 Å². The van der Waals surface area contributed by atoms with Gasteiger partial charge in [-0.25, -0.2) is 0 Å². The van der Waals surface area contributed by atoms with Crippen LogP contribution >= 0.6 is 0 Å². The van der Waals surface area contributed by atoms with E-state index < -0.39 is 0 Å². The average Bonchev–Trinajstić information content (AvgIpc) is 2.14. The molecule has 0 amide bonds. The van der Waals surface area contributed by atoms with Crippen LogP contribution < -0.4 is 0 Å². The number of hydrogen-bond donors (Lipinski definition) is 0. The van der Waals surface area contributed by atoms with Gasteiger partial charge in [0.15, 0.2) is 0 Å². The SMILES string of the molecule is CCC(C)(C)[S-].CCC(C)(C)[S-].C[C](C)C.C[C](C)C.[Sn+2]. The molecule has 0 heterocycles.